The third kappa shape index (κ3) is 7.21. The van der Waals surface area contributed by atoms with Crippen molar-refractivity contribution < 1.29 is 9.59 Å². The van der Waals surface area contributed by atoms with E-state index in [0.717, 1.165) is 29.5 Å². The molecule has 0 fully saturated rings. The van der Waals surface area contributed by atoms with E-state index >= 15 is 0 Å². The van der Waals surface area contributed by atoms with E-state index in [2.05, 4.69) is 12.2 Å². The van der Waals surface area contributed by atoms with Gasteiger partial charge in [-0.3, -0.25) is 9.59 Å². The van der Waals surface area contributed by atoms with Crippen LogP contribution < -0.4 is 5.32 Å². The van der Waals surface area contributed by atoms with Crippen molar-refractivity contribution in [3.05, 3.63) is 70.2 Å². The molecular formula is C24H31ClN2O2. The summed E-state index contributed by atoms with van der Waals surface area (Å²) in [6.07, 6.45) is 2.71. The van der Waals surface area contributed by atoms with Crippen molar-refractivity contribution in [3.63, 3.8) is 0 Å². The Morgan fingerprint density at radius 3 is 2.41 bits per heavy atom. The van der Waals surface area contributed by atoms with E-state index in [0.29, 0.717) is 24.5 Å². The summed E-state index contributed by atoms with van der Waals surface area (Å²) in [5.74, 6) is -0.169. The Bertz CT molecular complexity index is 805. The molecule has 2 rings (SSSR count). The second-order valence-electron chi connectivity index (χ2n) is 7.38. The van der Waals surface area contributed by atoms with Crippen LogP contribution >= 0.6 is 11.6 Å². The minimum Gasteiger partial charge on any atom is -0.354 e. The van der Waals surface area contributed by atoms with Crippen molar-refractivity contribution in [3.8, 4) is 0 Å². The highest BCUT2D eigenvalue weighted by Crippen LogP contribution is 2.17. The Balaban J connectivity index is 2.23. The zero-order valence-corrected chi connectivity index (χ0v) is 18.3. The number of unbranched alkanes of at least 4 members (excludes halogenated alkanes) is 1. The fraction of sp³-hybridized carbons (Fsp3) is 0.417. The fourth-order valence-corrected chi connectivity index (χ4v) is 3.45. The fourth-order valence-electron chi connectivity index (χ4n) is 3.24. The number of rotatable bonds is 10. The summed E-state index contributed by atoms with van der Waals surface area (Å²) >= 11 is 6.07. The summed E-state index contributed by atoms with van der Waals surface area (Å²) in [5, 5.41) is 3.59. The smallest absolute Gasteiger partial charge is 0.242 e. The van der Waals surface area contributed by atoms with E-state index in [-0.39, 0.29) is 18.2 Å². The molecule has 0 aliphatic rings. The molecule has 0 saturated heterocycles. The molecule has 0 aromatic heterocycles. The first-order chi connectivity index (χ1) is 13.9. The molecule has 0 radical (unpaired) electrons. The molecule has 29 heavy (non-hydrogen) atoms. The van der Waals surface area contributed by atoms with E-state index in [9.17, 15) is 9.59 Å². The molecule has 0 spiro atoms. The first-order valence-electron chi connectivity index (χ1n) is 10.3. The summed E-state index contributed by atoms with van der Waals surface area (Å²) in [5.41, 5.74) is 3.02. The summed E-state index contributed by atoms with van der Waals surface area (Å²) in [6.45, 7) is 7.09. The van der Waals surface area contributed by atoms with Gasteiger partial charge in [0.05, 0.1) is 6.42 Å². The molecule has 0 saturated carbocycles. The number of nitrogens with zero attached hydrogens (tertiary/aromatic N) is 1. The minimum atomic E-state index is -0.500. The first-order valence-corrected chi connectivity index (χ1v) is 10.7. The van der Waals surface area contributed by atoms with Crippen molar-refractivity contribution in [1.82, 2.24) is 10.2 Å². The molecule has 156 valence electrons. The number of hydrogen-bond acceptors (Lipinski definition) is 2. The quantitative estimate of drug-likeness (QED) is 0.561. The Labute approximate surface area is 179 Å². The number of amides is 2. The van der Waals surface area contributed by atoms with Gasteiger partial charge in [-0.25, -0.2) is 0 Å². The maximum atomic E-state index is 13.2. The standard InChI is InChI=1S/C24H31ClN2O2/c1-4-6-14-26-24(29)22(5-2)27(17-19-12-10-18(3)11-13-19)23(28)16-20-8-7-9-21(25)15-20/h7-13,15,22H,4-6,14,16-17H2,1-3H3,(H,26,29). The number of nitrogens with one attached hydrogen (secondary N) is 1. The van der Waals surface area contributed by atoms with Gasteiger partial charge in [-0.15, -0.1) is 0 Å². The third-order valence-electron chi connectivity index (χ3n) is 4.93. The molecule has 5 heteroatoms. The van der Waals surface area contributed by atoms with Crippen LogP contribution in [0, 0.1) is 6.92 Å². The minimum absolute atomic E-state index is 0.0784. The highest BCUT2D eigenvalue weighted by Gasteiger charge is 2.28. The van der Waals surface area contributed by atoms with E-state index in [1.807, 2.05) is 50.2 Å². The molecule has 0 aliphatic carbocycles. The van der Waals surface area contributed by atoms with E-state index in [4.69, 9.17) is 11.6 Å². The second-order valence-corrected chi connectivity index (χ2v) is 7.82. The molecule has 2 aromatic carbocycles. The van der Waals surface area contributed by atoms with Gasteiger partial charge >= 0.3 is 0 Å². The molecule has 0 bridgehead atoms. The topological polar surface area (TPSA) is 49.4 Å². The average molecular weight is 415 g/mol. The molecule has 2 aromatic rings. The zero-order valence-electron chi connectivity index (χ0n) is 17.6. The average Bonchev–Trinajstić information content (AvgIpc) is 2.69. The molecule has 4 nitrogen and oxygen atoms in total. The highest BCUT2D eigenvalue weighted by molar-refractivity contribution is 6.30. The molecule has 1 N–H and O–H groups in total. The normalized spacial score (nSPS) is 11.7. The van der Waals surface area contributed by atoms with Gasteiger partial charge in [0.1, 0.15) is 6.04 Å². The van der Waals surface area contributed by atoms with Crippen LogP contribution in [0.25, 0.3) is 0 Å². The van der Waals surface area contributed by atoms with Crippen molar-refractivity contribution in [2.45, 2.75) is 59.0 Å². The van der Waals surface area contributed by atoms with Gasteiger partial charge in [-0.05, 0) is 43.0 Å². The lowest BCUT2D eigenvalue weighted by molar-refractivity contribution is -0.140. The molecule has 1 unspecified atom stereocenters. The Hall–Kier alpha value is -2.33. The lowest BCUT2D eigenvalue weighted by atomic mass is 10.1. The second kappa shape index (κ2) is 11.6. The number of aryl methyl sites for hydroxylation is 1. The van der Waals surface area contributed by atoms with Gasteiger partial charge in [0.15, 0.2) is 0 Å². The molecule has 1 atom stereocenters. The van der Waals surface area contributed by atoms with Crippen LogP contribution in [-0.2, 0) is 22.6 Å². The summed E-state index contributed by atoms with van der Waals surface area (Å²) in [6, 6.07) is 14.9. The zero-order chi connectivity index (χ0) is 21.2. The van der Waals surface area contributed by atoms with Crippen LogP contribution in [0.15, 0.2) is 48.5 Å². The van der Waals surface area contributed by atoms with E-state index in [1.165, 1.54) is 0 Å². The Kier molecular flexibility index (Phi) is 9.20. The van der Waals surface area contributed by atoms with Crippen LogP contribution in [0.3, 0.4) is 0 Å². The summed E-state index contributed by atoms with van der Waals surface area (Å²) < 4.78 is 0. The molecule has 2 amide bonds. The van der Waals surface area contributed by atoms with Gasteiger partial charge in [0.25, 0.3) is 0 Å². The van der Waals surface area contributed by atoms with Crippen LogP contribution in [0.5, 0.6) is 0 Å². The predicted molar refractivity (Wildman–Crippen MR) is 119 cm³/mol. The van der Waals surface area contributed by atoms with Gasteiger partial charge in [-0.2, -0.15) is 0 Å². The van der Waals surface area contributed by atoms with Crippen LogP contribution in [0.1, 0.15) is 49.8 Å². The maximum absolute atomic E-state index is 13.2. The lowest BCUT2D eigenvalue weighted by Gasteiger charge is -2.31. The van der Waals surface area contributed by atoms with Crippen molar-refractivity contribution >= 4 is 23.4 Å². The third-order valence-corrected chi connectivity index (χ3v) is 5.17. The predicted octanol–water partition coefficient (Wildman–Crippen LogP) is 4.91. The number of halogens is 1. The Morgan fingerprint density at radius 2 is 1.79 bits per heavy atom. The Morgan fingerprint density at radius 1 is 1.07 bits per heavy atom. The van der Waals surface area contributed by atoms with Crippen molar-refractivity contribution in [2.24, 2.45) is 0 Å². The number of carbonyl (C=O) groups is 2. The lowest BCUT2D eigenvalue weighted by Crippen LogP contribution is -2.49. The largest absolute Gasteiger partial charge is 0.354 e. The van der Waals surface area contributed by atoms with Crippen LogP contribution in [0.2, 0.25) is 5.02 Å². The van der Waals surface area contributed by atoms with Gasteiger partial charge in [0.2, 0.25) is 11.8 Å². The monoisotopic (exact) mass is 414 g/mol. The summed E-state index contributed by atoms with van der Waals surface area (Å²) in [7, 11) is 0. The van der Waals surface area contributed by atoms with Gasteiger partial charge in [-0.1, -0.05) is 73.8 Å². The van der Waals surface area contributed by atoms with E-state index < -0.39 is 6.04 Å². The first kappa shape index (κ1) is 23.0. The number of carbonyl (C=O) groups excluding carboxylic acids is 2. The van der Waals surface area contributed by atoms with Crippen LogP contribution in [0.4, 0.5) is 0 Å². The molecule has 0 aliphatic heterocycles. The molecular weight excluding hydrogens is 384 g/mol. The maximum Gasteiger partial charge on any atom is 0.242 e. The van der Waals surface area contributed by atoms with Crippen molar-refractivity contribution in [2.75, 3.05) is 6.54 Å². The van der Waals surface area contributed by atoms with Gasteiger partial charge < -0.3 is 10.2 Å². The number of benzene rings is 2. The van der Waals surface area contributed by atoms with Crippen LogP contribution in [-0.4, -0.2) is 29.3 Å². The van der Waals surface area contributed by atoms with Gasteiger partial charge in [0, 0.05) is 18.1 Å². The SMILES string of the molecule is CCCCNC(=O)C(CC)N(Cc1ccc(C)cc1)C(=O)Cc1cccc(Cl)c1. The number of hydrogen-bond donors (Lipinski definition) is 1. The van der Waals surface area contributed by atoms with E-state index in [1.54, 1.807) is 17.0 Å². The molecule has 0 heterocycles. The van der Waals surface area contributed by atoms with Crippen molar-refractivity contribution in [1.29, 1.82) is 0 Å². The summed E-state index contributed by atoms with van der Waals surface area (Å²) in [4.78, 5) is 27.8. The highest BCUT2D eigenvalue weighted by atomic mass is 35.5.